The fourth-order valence-electron chi connectivity index (χ4n) is 2.44. The Hall–Kier alpha value is -2.30. The van der Waals surface area contributed by atoms with Crippen molar-refractivity contribution in [1.29, 1.82) is 0 Å². The Morgan fingerprint density at radius 2 is 2.09 bits per heavy atom. The van der Waals surface area contributed by atoms with Gasteiger partial charge in [0.05, 0.1) is 19.3 Å². The van der Waals surface area contributed by atoms with E-state index in [2.05, 4.69) is 60.5 Å². The van der Waals surface area contributed by atoms with Crippen LogP contribution >= 0.6 is 0 Å². The molecule has 1 aromatic heterocycles. The second-order valence-corrected chi connectivity index (χ2v) is 5.80. The Morgan fingerprint density at radius 1 is 1.30 bits per heavy atom. The van der Waals surface area contributed by atoms with Crippen molar-refractivity contribution in [3.8, 4) is 0 Å². The van der Waals surface area contributed by atoms with Gasteiger partial charge >= 0.3 is 0 Å². The summed E-state index contributed by atoms with van der Waals surface area (Å²) >= 11 is 0. The minimum absolute atomic E-state index is 0.710. The topological polar surface area (TPSA) is 45.5 Å². The molecule has 0 atom stereocenters. The smallest absolute Gasteiger partial charge is 0.194 e. The standard InChI is InChI=1S/C18H27N5/c1-5-19-18(20-10-11-23-13-15(2)12-21-23)22(4)14-17-9-7-6-8-16(17)3/h6-9,12-13H,5,10-11,14H2,1-4H3,(H,19,20). The summed E-state index contributed by atoms with van der Waals surface area (Å²) < 4.78 is 1.93. The normalized spacial score (nSPS) is 11.6. The summed E-state index contributed by atoms with van der Waals surface area (Å²) in [5.74, 6) is 0.930. The van der Waals surface area contributed by atoms with Gasteiger partial charge in [0.1, 0.15) is 0 Å². The van der Waals surface area contributed by atoms with Gasteiger partial charge in [0, 0.05) is 26.3 Å². The quantitative estimate of drug-likeness (QED) is 0.658. The van der Waals surface area contributed by atoms with E-state index in [-0.39, 0.29) is 0 Å². The maximum Gasteiger partial charge on any atom is 0.194 e. The molecule has 124 valence electrons. The second-order valence-electron chi connectivity index (χ2n) is 5.80. The van der Waals surface area contributed by atoms with Gasteiger partial charge in [0.2, 0.25) is 0 Å². The maximum absolute atomic E-state index is 4.71. The predicted molar refractivity (Wildman–Crippen MR) is 95.6 cm³/mol. The van der Waals surface area contributed by atoms with E-state index in [1.807, 2.05) is 24.0 Å². The van der Waals surface area contributed by atoms with Crippen LogP contribution in [0.2, 0.25) is 0 Å². The lowest BCUT2D eigenvalue weighted by Gasteiger charge is -2.23. The van der Waals surface area contributed by atoms with Gasteiger partial charge in [-0.2, -0.15) is 5.10 Å². The van der Waals surface area contributed by atoms with Crippen LogP contribution in [0.25, 0.3) is 0 Å². The molecule has 5 nitrogen and oxygen atoms in total. The van der Waals surface area contributed by atoms with Crippen LogP contribution in [0.3, 0.4) is 0 Å². The number of rotatable bonds is 6. The molecule has 0 unspecified atom stereocenters. The zero-order valence-corrected chi connectivity index (χ0v) is 14.6. The fourth-order valence-corrected chi connectivity index (χ4v) is 2.44. The number of aryl methyl sites for hydroxylation is 2. The van der Waals surface area contributed by atoms with Crippen molar-refractivity contribution in [1.82, 2.24) is 20.0 Å². The monoisotopic (exact) mass is 313 g/mol. The SMILES string of the molecule is CCNC(=NCCn1cc(C)cn1)N(C)Cc1ccccc1C. The number of nitrogens with zero attached hydrogens (tertiary/aromatic N) is 4. The van der Waals surface area contributed by atoms with Gasteiger partial charge in [-0.05, 0) is 37.5 Å². The van der Waals surface area contributed by atoms with Crippen molar-refractivity contribution in [3.63, 3.8) is 0 Å². The number of hydrogen-bond donors (Lipinski definition) is 1. The van der Waals surface area contributed by atoms with Crippen LogP contribution in [-0.4, -0.2) is 40.8 Å². The summed E-state index contributed by atoms with van der Waals surface area (Å²) in [6.07, 6.45) is 3.92. The van der Waals surface area contributed by atoms with E-state index in [9.17, 15) is 0 Å². The molecule has 1 aromatic carbocycles. The Kier molecular flexibility index (Phi) is 6.20. The third kappa shape index (κ3) is 5.13. The van der Waals surface area contributed by atoms with Crippen LogP contribution in [0.15, 0.2) is 41.7 Å². The molecule has 0 saturated carbocycles. The van der Waals surface area contributed by atoms with Crippen LogP contribution < -0.4 is 5.32 Å². The van der Waals surface area contributed by atoms with Gasteiger partial charge in [0.25, 0.3) is 0 Å². The molecule has 0 aliphatic rings. The molecule has 2 aromatic rings. The van der Waals surface area contributed by atoms with Crippen molar-refractivity contribution in [2.45, 2.75) is 33.9 Å². The highest BCUT2D eigenvalue weighted by Gasteiger charge is 2.07. The zero-order valence-electron chi connectivity index (χ0n) is 14.6. The summed E-state index contributed by atoms with van der Waals surface area (Å²) in [6, 6.07) is 8.47. The highest BCUT2D eigenvalue weighted by molar-refractivity contribution is 5.79. The third-order valence-corrected chi connectivity index (χ3v) is 3.72. The van der Waals surface area contributed by atoms with Crippen LogP contribution in [0.1, 0.15) is 23.6 Å². The Morgan fingerprint density at radius 3 is 2.74 bits per heavy atom. The van der Waals surface area contributed by atoms with E-state index in [0.717, 1.165) is 25.6 Å². The lowest BCUT2D eigenvalue weighted by Crippen LogP contribution is -2.38. The highest BCUT2D eigenvalue weighted by atomic mass is 15.3. The third-order valence-electron chi connectivity index (χ3n) is 3.72. The number of aromatic nitrogens is 2. The van der Waals surface area contributed by atoms with Gasteiger partial charge in [-0.25, -0.2) is 0 Å². The molecule has 0 aliphatic heterocycles. The Labute approximate surface area is 139 Å². The first kappa shape index (κ1) is 17.1. The van der Waals surface area contributed by atoms with Crippen LogP contribution in [0, 0.1) is 13.8 Å². The van der Waals surface area contributed by atoms with Crippen molar-refractivity contribution in [2.24, 2.45) is 4.99 Å². The molecule has 5 heteroatoms. The van der Waals surface area contributed by atoms with Crippen molar-refractivity contribution < 1.29 is 0 Å². The largest absolute Gasteiger partial charge is 0.357 e. The molecule has 0 amide bonds. The van der Waals surface area contributed by atoms with Crippen LogP contribution in [0.4, 0.5) is 0 Å². The van der Waals surface area contributed by atoms with Gasteiger partial charge in [0.15, 0.2) is 5.96 Å². The first-order valence-electron chi connectivity index (χ1n) is 8.13. The fraction of sp³-hybridized carbons (Fsp3) is 0.444. The lowest BCUT2D eigenvalue weighted by molar-refractivity contribution is 0.473. The molecule has 0 saturated heterocycles. The van der Waals surface area contributed by atoms with Crippen molar-refractivity contribution in [3.05, 3.63) is 53.3 Å². The minimum atomic E-state index is 0.710. The predicted octanol–water partition coefficient (Wildman–Crippen LogP) is 2.60. The summed E-state index contributed by atoms with van der Waals surface area (Å²) in [5.41, 5.74) is 3.81. The second kappa shape index (κ2) is 8.36. The van der Waals surface area contributed by atoms with E-state index in [4.69, 9.17) is 4.99 Å². The van der Waals surface area contributed by atoms with Crippen LogP contribution in [-0.2, 0) is 13.1 Å². The molecule has 0 aliphatic carbocycles. The first-order valence-corrected chi connectivity index (χ1v) is 8.13. The van der Waals surface area contributed by atoms with E-state index in [0.29, 0.717) is 6.54 Å². The molecule has 1 N–H and O–H groups in total. The van der Waals surface area contributed by atoms with E-state index in [1.165, 1.54) is 16.7 Å². The summed E-state index contributed by atoms with van der Waals surface area (Å²) in [6.45, 7) is 9.49. The van der Waals surface area contributed by atoms with Gasteiger partial charge in [-0.1, -0.05) is 24.3 Å². The van der Waals surface area contributed by atoms with E-state index < -0.39 is 0 Å². The molecule has 0 fully saturated rings. The summed E-state index contributed by atoms with van der Waals surface area (Å²) in [5, 5.41) is 7.66. The number of guanidine groups is 1. The molecule has 2 rings (SSSR count). The number of aliphatic imine (C=N–C) groups is 1. The molecule has 0 spiro atoms. The molecular formula is C18H27N5. The van der Waals surface area contributed by atoms with Gasteiger partial charge in [-0.15, -0.1) is 0 Å². The number of nitrogens with one attached hydrogen (secondary N) is 1. The molecule has 0 bridgehead atoms. The minimum Gasteiger partial charge on any atom is -0.357 e. The number of hydrogen-bond acceptors (Lipinski definition) is 2. The maximum atomic E-state index is 4.71. The van der Waals surface area contributed by atoms with Gasteiger partial charge < -0.3 is 10.2 Å². The molecular weight excluding hydrogens is 286 g/mol. The van der Waals surface area contributed by atoms with Crippen LogP contribution in [0.5, 0.6) is 0 Å². The summed E-state index contributed by atoms with van der Waals surface area (Å²) in [4.78, 5) is 6.88. The van der Waals surface area contributed by atoms with Crippen molar-refractivity contribution >= 4 is 5.96 Å². The van der Waals surface area contributed by atoms with E-state index >= 15 is 0 Å². The summed E-state index contributed by atoms with van der Waals surface area (Å²) in [7, 11) is 2.08. The average molecular weight is 313 g/mol. The average Bonchev–Trinajstić information content (AvgIpc) is 2.94. The Balaban J connectivity index is 1.98. The van der Waals surface area contributed by atoms with Crippen molar-refractivity contribution in [2.75, 3.05) is 20.1 Å². The molecule has 0 radical (unpaired) electrons. The lowest BCUT2D eigenvalue weighted by atomic mass is 10.1. The highest BCUT2D eigenvalue weighted by Crippen LogP contribution is 2.09. The number of benzene rings is 1. The molecule has 23 heavy (non-hydrogen) atoms. The Bertz CT molecular complexity index is 644. The van der Waals surface area contributed by atoms with Gasteiger partial charge in [-0.3, -0.25) is 9.67 Å². The first-order chi connectivity index (χ1) is 11.1. The van der Waals surface area contributed by atoms with E-state index in [1.54, 1.807) is 0 Å². The zero-order chi connectivity index (χ0) is 16.7. The molecule has 1 heterocycles.